The van der Waals surface area contributed by atoms with Crippen molar-refractivity contribution in [2.45, 2.75) is 64.6 Å². The number of carbonyl (C=O) groups excluding carboxylic acids is 2. The predicted molar refractivity (Wildman–Crippen MR) is 117 cm³/mol. The summed E-state index contributed by atoms with van der Waals surface area (Å²) in [4.78, 5) is 49.2. The van der Waals surface area contributed by atoms with E-state index < -0.39 is 53.8 Å². The van der Waals surface area contributed by atoms with Crippen molar-refractivity contribution in [3.63, 3.8) is 0 Å². The number of aliphatic hydroxyl groups excluding tert-OH is 2. The lowest BCUT2D eigenvalue weighted by Crippen LogP contribution is -2.47. The Morgan fingerprint density at radius 1 is 1.17 bits per heavy atom. The molecule has 4 atom stereocenters. The first-order valence-electron chi connectivity index (χ1n) is 10.9. The van der Waals surface area contributed by atoms with Crippen molar-refractivity contribution in [3.8, 4) is 0 Å². The molecule has 0 saturated carbocycles. The quantitative estimate of drug-likeness (QED) is 0.455. The van der Waals surface area contributed by atoms with Crippen LogP contribution in [0.1, 0.15) is 47.9 Å². The summed E-state index contributed by atoms with van der Waals surface area (Å²) in [5.74, 6) is -0.999. The van der Waals surface area contributed by atoms with Crippen LogP contribution in [0, 0.1) is 6.92 Å². The summed E-state index contributed by atoms with van der Waals surface area (Å²) in [6.07, 6.45) is -2.51. The van der Waals surface area contributed by atoms with Crippen LogP contribution in [0.5, 0.6) is 0 Å². The molecule has 0 radical (unpaired) electrons. The second-order valence-electron chi connectivity index (χ2n) is 8.54. The summed E-state index contributed by atoms with van der Waals surface area (Å²) in [6, 6.07) is 3.37. The molecule has 2 aliphatic rings. The molecule has 0 aliphatic carbocycles. The maximum Gasteiger partial charge on any atom is 0.330 e. The predicted octanol–water partition coefficient (Wildman–Crippen LogP) is -0.352. The number of nitrogens with one attached hydrogen (secondary N) is 1. The number of nitrogens with zero attached hydrogens (tertiary/aromatic N) is 1. The summed E-state index contributed by atoms with van der Waals surface area (Å²) in [6.45, 7) is 3.34. The number of benzene rings is 1. The van der Waals surface area contributed by atoms with E-state index in [4.69, 9.17) is 18.9 Å². The van der Waals surface area contributed by atoms with Crippen molar-refractivity contribution in [1.82, 2.24) is 9.55 Å². The standard InChI is InChI=1S/C23H26N2O10/c1-11-6-25(22(31)24-20(11)30)21-19(29)23(18(7-26)35-21)17-5-15(9-33-13(3)28)14(8-32-12(2)27)4-16(17)10-34-23/h4-6,18-19,21,26,29H,7-10H2,1-3H3,(H,24,30,31)/t18-,19+,21-,23-/m1/s1. The first-order chi connectivity index (χ1) is 16.6. The Bertz CT molecular complexity index is 1280. The maximum absolute atomic E-state index is 12.5. The molecule has 3 N–H and O–H groups in total. The Kier molecular flexibility index (Phi) is 6.64. The summed E-state index contributed by atoms with van der Waals surface area (Å²) < 4.78 is 23.3. The van der Waals surface area contributed by atoms with Gasteiger partial charge in [0, 0.05) is 25.6 Å². The smallest absolute Gasteiger partial charge is 0.330 e. The first kappa shape index (κ1) is 24.8. The molecular formula is C23H26N2O10. The number of hydrogen-bond acceptors (Lipinski definition) is 10. The molecule has 4 rings (SSSR count). The highest BCUT2D eigenvalue weighted by molar-refractivity contribution is 5.66. The van der Waals surface area contributed by atoms with E-state index in [9.17, 15) is 29.4 Å². The molecule has 0 bridgehead atoms. The normalized spacial score (nSPS) is 25.0. The molecule has 1 aromatic heterocycles. The van der Waals surface area contributed by atoms with Crippen molar-refractivity contribution in [2.75, 3.05) is 6.61 Å². The van der Waals surface area contributed by atoms with Crippen LogP contribution in [0.2, 0.25) is 0 Å². The molecule has 12 heteroatoms. The minimum Gasteiger partial charge on any atom is -0.461 e. The zero-order chi connectivity index (χ0) is 25.5. The van der Waals surface area contributed by atoms with Crippen molar-refractivity contribution < 1.29 is 38.7 Å². The highest BCUT2D eigenvalue weighted by Crippen LogP contribution is 2.51. The minimum absolute atomic E-state index is 0.0411. The molecule has 1 spiro atoms. The topological polar surface area (TPSA) is 166 Å². The Balaban J connectivity index is 1.80. The van der Waals surface area contributed by atoms with Crippen molar-refractivity contribution in [1.29, 1.82) is 0 Å². The lowest BCUT2D eigenvalue weighted by Gasteiger charge is -2.32. The summed E-state index contributed by atoms with van der Waals surface area (Å²) in [5, 5.41) is 21.5. The lowest BCUT2D eigenvalue weighted by atomic mass is 9.82. The van der Waals surface area contributed by atoms with Gasteiger partial charge in [0.15, 0.2) is 11.8 Å². The maximum atomic E-state index is 12.5. The third-order valence-corrected chi connectivity index (χ3v) is 6.25. The van der Waals surface area contributed by atoms with Gasteiger partial charge >= 0.3 is 17.6 Å². The molecule has 1 saturated heterocycles. The van der Waals surface area contributed by atoms with Crippen LogP contribution in [0.15, 0.2) is 27.9 Å². The van der Waals surface area contributed by atoms with E-state index in [0.717, 1.165) is 4.57 Å². The number of carbonyl (C=O) groups is 2. The Morgan fingerprint density at radius 3 is 2.40 bits per heavy atom. The van der Waals surface area contributed by atoms with Gasteiger partial charge in [0.2, 0.25) is 0 Å². The third kappa shape index (κ3) is 4.29. The molecule has 12 nitrogen and oxygen atoms in total. The third-order valence-electron chi connectivity index (χ3n) is 6.25. The van der Waals surface area contributed by atoms with Gasteiger partial charge in [0.05, 0.1) is 13.2 Å². The van der Waals surface area contributed by atoms with Crippen LogP contribution in [0.4, 0.5) is 0 Å². The van der Waals surface area contributed by atoms with Gasteiger partial charge in [-0.25, -0.2) is 4.79 Å². The summed E-state index contributed by atoms with van der Waals surface area (Å²) >= 11 is 0. The van der Waals surface area contributed by atoms with Crippen LogP contribution in [-0.2, 0) is 54.0 Å². The largest absolute Gasteiger partial charge is 0.461 e. The number of aryl methyl sites for hydroxylation is 1. The van der Waals surface area contributed by atoms with Gasteiger partial charge in [-0.3, -0.25) is 23.9 Å². The number of fused-ring (bicyclic) bond motifs is 2. The molecule has 3 heterocycles. The second kappa shape index (κ2) is 9.38. The molecule has 0 unspecified atom stereocenters. The van der Waals surface area contributed by atoms with Gasteiger partial charge in [-0.1, -0.05) is 0 Å². The molecule has 35 heavy (non-hydrogen) atoms. The molecule has 1 fully saturated rings. The number of aliphatic hydroxyl groups is 2. The fourth-order valence-corrected chi connectivity index (χ4v) is 4.55. The molecule has 188 valence electrons. The Labute approximate surface area is 199 Å². The summed E-state index contributed by atoms with van der Waals surface area (Å²) in [7, 11) is 0. The molecular weight excluding hydrogens is 464 g/mol. The minimum atomic E-state index is -1.55. The molecule has 2 aromatic rings. The van der Waals surface area contributed by atoms with Crippen LogP contribution >= 0.6 is 0 Å². The van der Waals surface area contributed by atoms with Crippen molar-refractivity contribution >= 4 is 11.9 Å². The molecule has 0 amide bonds. The highest BCUT2D eigenvalue weighted by Gasteiger charge is 2.62. The first-order valence-corrected chi connectivity index (χ1v) is 10.9. The second-order valence-corrected chi connectivity index (χ2v) is 8.54. The number of aromatic amines is 1. The Morgan fingerprint density at radius 2 is 1.80 bits per heavy atom. The number of esters is 2. The van der Waals surface area contributed by atoms with Gasteiger partial charge in [-0.05, 0) is 41.3 Å². The lowest BCUT2D eigenvalue weighted by molar-refractivity contribution is -0.144. The monoisotopic (exact) mass is 490 g/mol. The van der Waals surface area contributed by atoms with Gasteiger partial charge in [0.25, 0.3) is 5.56 Å². The van der Waals surface area contributed by atoms with Gasteiger partial charge in [-0.2, -0.15) is 0 Å². The molecule has 2 aliphatic heterocycles. The highest BCUT2D eigenvalue weighted by atomic mass is 16.6. The van der Waals surface area contributed by atoms with Gasteiger partial charge in [0.1, 0.15) is 25.4 Å². The summed E-state index contributed by atoms with van der Waals surface area (Å²) in [5.41, 5.74) is -0.459. The number of rotatable bonds is 6. The number of aromatic nitrogens is 2. The van der Waals surface area contributed by atoms with Crippen molar-refractivity contribution in [3.05, 3.63) is 67.0 Å². The number of ether oxygens (including phenoxy) is 4. The zero-order valence-electron chi connectivity index (χ0n) is 19.4. The van der Waals surface area contributed by atoms with Crippen LogP contribution in [0.3, 0.4) is 0 Å². The SMILES string of the molecule is CC(=O)OCc1cc2c(cc1COC(C)=O)[C@@]1(OC2)[C@@H](CO)O[C@@H](n2cc(C)c(=O)[nH]c2=O)[C@@H]1O. The average molecular weight is 490 g/mol. The van der Waals surface area contributed by atoms with E-state index in [1.54, 1.807) is 12.1 Å². The van der Waals surface area contributed by atoms with Crippen molar-refractivity contribution in [2.24, 2.45) is 0 Å². The fraction of sp³-hybridized carbons (Fsp3) is 0.478. The van der Waals surface area contributed by atoms with Crippen LogP contribution in [0.25, 0.3) is 0 Å². The van der Waals surface area contributed by atoms with E-state index in [1.807, 2.05) is 0 Å². The van der Waals surface area contributed by atoms with E-state index in [-0.39, 0.29) is 25.4 Å². The van der Waals surface area contributed by atoms with Gasteiger partial charge < -0.3 is 29.2 Å². The number of hydrogen-bond donors (Lipinski definition) is 3. The van der Waals surface area contributed by atoms with Gasteiger partial charge in [-0.15, -0.1) is 0 Å². The fourth-order valence-electron chi connectivity index (χ4n) is 4.55. The van der Waals surface area contributed by atoms with E-state index in [0.29, 0.717) is 22.3 Å². The molecule has 1 aromatic carbocycles. The van der Waals surface area contributed by atoms with E-state index >= 15 is 0 Å². The van der Waals surface area contributed by atoms with Crippen LogP contribution in [-0.4, -0.2) is 50.5 Å². The van der Waals surface area contributed by atoms with E-state index in [1.165, 1.54) is 27.0 Å². The average Bonchev–Trinajstić information content (AvgIpc) is 3.31. The number of H-pyrrole nitrogens is 1. The Hall–Kier alpha value is -3.32. The zero-order valence-corrected chi connectivity index (χ0v) is 19.4. The van der Waals surface area contributed by atoms with Crippen LogP contribution < -0.4 is 11.2 Å². The van der Waals surface area contributed by atoms with E-state index in [2.05, 4.69) is 4.98 Å².